The Morgan fingerprint density at radius 2 is 1.68 bits per heavy atom. The number of aliphatic hydroxyl groups is 2. The van der Waals surface area contributed by atoms with E-state index in [1.54, 1.807) is 17.0 Å². The lowest BCUT2D eigenvalue weighted by Gasteiger charge is -2.41. The first-order chi connectivity index (χ1) is 16.4. The zero-order chi connectivity index (χ0) is 23.6. The number of anilines is 1. The summed E-state index contributed by atoms with van der Waals surface area (Å²) in [6.45, 7) is 2.86. The molecule has 174 valence electrons. The summed E-state index contributed by atoms with van der Waals surface area (Å²) < 4.78 is 0. The standard InChI is InChI=1S/C28H28N2O4/c1-17(31)16-28(34)22-10-2-3-11-23(22)30(27(28)33)19-12-14-29(15-13-19)25-20-8-4-6-18-7-5-9-21(24(18)20)26(25)32/h2-11,19,25-26,32,34H,12-16H2,1H3/t25-,26-,28+/m0/s1. The predicted molar refractivity (Wildman–Crippen MR) is 129 cm³/mol. The Labute approximate surface area is 198 Å². The highest BCUT2D eigenvalue weighted by molar-refractivity contribution is 6.09. The molecule has 2 heterocycles. The monoisotopic (exact) mass is 456 g/mol. The number of likely N-dealkylation sites (tertiary alicyclic amines) is 1. The fraction of sp³-hybridized carbons (Fsp3) is 0.357. The Balaban J connectivity index is 1.26. The largest absolute Gasteiger partial charge is 0.386 e. The molecule has 3 aliphatic rings. The second-order valence-corrected chi connectivity index (χ2v) is 9.88. The minimum Gasteiger partial charge on any atom is -0.386 e. The topological polar surface area (TPSA) is 81.1 Å². The van der Waals surface area contributed by atoms with E-state index in [1.807, 2.05) is 24.3 Å². The van der Waals surface area contributed by atoms with Gasteiger partial charge in [-0.3, -0.25) is 14.5 Å². The molecule has 1 saturated heterocycles. The van der Waals surface area contributed by atoms with Gasteiger partial charge in [0.1, 0.15) is 5.78 Å². The van der Waals surface area contributed by atoms with Crippen LogP contribution in [0, 0.1) is 0 Å². The molecule has 34 heavy (non-hydrogen) atoms. The van der Waals surface area contributed by atoms with Gasteiger partial charge in [-0.15, -0.1) is 0 Å². The van der Waals surface area contributed by atoms with Gasteiger partial charge in [-0.2, -0.15) is 0 Å². The van der Waals surface area contributed by atoms with Gasteiger partial charge in [0, 0.05) is 31.1 Å². The molecule has 1 aliphatic carbocycles. The molecule has 2 aliphatic heterocycles. The molecule has 2 N–H and O–H groups in total. The molecule has 3 atom stereocenters. The number of hydrogen-bond donors (Lipinski definition) is 2. The molecular weight excluding hydrogens is 428 g/mol. The van der Waals surface area contributed by atoms with Crippen LogP contribution in [0.3, 0.4) is 0 Å². The van der Waals surface area contributed by atoms with Crippen molar-refractivity contribution in [2.24, 2.45) is 0 Å². The third-order valence-electron chi connectivity index (χ3n) is 7.85. The van der Waals surface area contributed by atoms with Crippen LogP contribution in [0.5, 0.6) is 0 Å². The fourth-order valence-corrected chi connectivity index (χ4v) is 6.40. The second-order valence-electron chi connectivity index (χ2n) is 9.88. The zero-order valence-electron chi connectivity index (χ0n) is 19.1. The van der Waals surface area contributed by atoms with Crippen molar-refractivity contribution >= 4 is 28.2 Å². The molecular formula is C28H28N2O4. The molecule has 0 radical (unpaired) electrons. The summed E-state index contributed by atoms with van der Waals surface area (Å²) in [5.41, 5.74) is 1.58. The van der Waals surface area contributed by atoms with Crippen molar-refractivity contribution in [3.8, 4) is 0 Å². The van der Waals surface area contributed by atoms with Gasteiger partial charge < -0.3 is 15.1 Å². The summed E-state index contributed by atoms with van der Waals surface area (Å²) in [6, 6.07) is 19.4. The molecule has 1 fully saturated rings. The van der Waals surface area contributed by atoms with E-state index in [9.17, 15) is 19.8 Å². The molecule has 3 aromatic rings. The van der Waals surface area contributed by atoms with Gasteiger partial charge in [-0.1, -0.05) is 54.6 Å². The Morgan fingerprint density at radius 3 is 2.38 bits per heavy atom. The first-order valence-electron chi connectivity index (χ1n) is 12.0. The number of carbonyl (C=O) groups excluding carboxylic acids is 2. The van der Waals surface area contributed by atoms with Gasteiger partial charge in [0.15, 0.2) is 5.60 Å². The number of nitrogens with zero attached hydrogens (tertiary/aromatic N) is 2. The van der Waals surface area contributed by atoms with Gasteiger partial charge in [-0.05, 0) is 47.7 Å². The Hall–Kier alpha value is -3.06. The van der Waals surface area contributed by atoms with Crippen molar-refractivity contribution in [3.63, 3.8) is 0 Å². The highest BCUT2D eigenvalue weighted by Crippen LogP contribution is 2.49. The van der Waals surface area contributed by atoms with Crippen molar-refractivity contribution in [1.29, 1.82) is 0 Å². The van der Waals surface area contributed by atoms with E-state index in [4.69, 9.17) is 0 Å². The number of fused-ring (bicyclic) bond motifs is 1. The Morgan fingerprint density at radius 1 is 1.00 bits per heavy atom. The van der Waals surface area contributed by atoms with E-state index in [2.05, 4.69) is 29.2 Å². The van der Waals surface area contributed by atoms with E-state index < -0.39 is 17.6 Å². The molecule has 3 aromatic carbocycles. The normalized spacial score (nSPS) is 26.9. The average molecular weight is 457 g/mol. The molecule has 0 spiro atoms. The van der Waals surface area contributed by atoms with E-state index >= 15 is 0 Å². The number of para-hydroxylation sites is 1. The maximum atomic E-state index is 13.5. The van der Waals surface area contributed by atoms with Crippen LogP contribution < -0.4 is 4.90 Å². The zero-order valence-corrected chi connectivity index (χ0v) is 19.1. The number of amides is 1. The summed E-state index contributed by atoms with van der Waals surface area (Å²) in [5.74, 6) is -0.619. The average Bonchev–Trinajstić information content (AvgIpc) is 3.24. The van der Waals surface area contributed by atoms with Gasteiger partial charge in [0.05, 0.1) is 17.8 Å². The highest BCUT2D eigenvalue weighted by atomic mass is 16.3. The Bertz CT molecular complexity index is 1310. The van der Waals surface area contributed by atoms with E-state index in [1.165, 1.54) is 6.92 Å². The van der Waals surface area contributed by atoms with Gasteiger partial charge in [0.2, 0.25) is 0 Å². The summed E-state index contributed by atoms with van der Waals surface area (Å²) in [5, 5.41) is 24.8. The van der Waals surface area contributed by atoms with Crippen LogP contribution in [0.25, 0.3) is 10.8 Å². The van der Waals surface area contributed by atoms with Crippen LogP contribution in [0.1, 0.15) is 55.0 Å². The molecule has 0 unspecified atom stereocenters. The lowest BCUT2D eigenvalue weighted by atomic mass is 9.90. The predicted octanol–water partition coefficient (Wildman–Crippen LogP) is 3.61. The van der Waals surface area contributed by atoms with Crippen molar-refractivity contribution in [3.05, 3.63) is 77.4 Å². The Kier molecular flexibility index (Phi) is 4.88. The molecule has 0 aromatic heterocycles. The van der Waals surface area contributed by atoms with Crippen LogP contribution in [0.4, 0.5) is 5.69 Å². The first-order valence-corrected chi connectivity index (χ1v) is 12.0. The third kappa shape index (κ3) is 2.99. The smallest absolute Gasteiger partial charge is 0.264 e. The van der Waals surface area contributed by atoms with E-state index in [0.29, 0.717) is 11.3 Å². The van der Waals surface area contributed by atoms with Gasteiger partial charge in [0.25, 0.3) is 5.91 Å². The highest BCUT2D eigenvalue weighted by Gasteiger charge is 2.52. The lowest BCUT2D eigenvalue weighted by Crippen LogP contribution is -2.50. The van der Waals surface area contributed by atoms with E-state index in [0.717, 1.165) is 47.8 Å². The molecule has 0 bridgehead atoms. The summed E-state index contributed by atoms with van der Waals surface area (Å²) in [7, 11) is 0. The SMILES string of the molecule is CC(=O)C[C@]1(O)C(=O)N(C2CCN([C@H]3c4cccc5cccc(c45)[C@@H]3O)CC2)c2ccccc21. The third-order valence-corrected chi connectivity index (χ3v) is 7.85. The fourth-order valence-electron chi connectivity index (χ4n) is 6.40. The number of benzene rings is 3. The number of Topliss-reactive ketones (excluding diaryl/α,β-unsaturated/α-hetero) is 1. The van der Waals surface area contributed by atoms with Crippen LogP contribution in [-0.4, -0.2) is 45.9 Å². The maximum Gasteiger partial charge on any atom is 0.264 e. The molecule has 0 saturated carbocycles. The quantitative estimate of drug-likeness (QED) is 0.627. The van der Waals surface area contributed by atoms with Crippen LogP contribution in [0.2, 0.25) is 0 Å². The van der Waals surface area contributed by atoms with Crippen molar-refractivity contribution in [1.82, 2.24) is 4.90 Å². The number of ketones is 1. The van der Waals surface area contributed by atoms with Gasteiger partial charge >= 0.3 is 0 Å². The molecule has 6 nitrogen and oxygen atoms in total. The first kappa shape index (κ1) is 21.5. The van der Waals surface area contributed by atoms with Crippen LogP contribution in [0.15, 0.2) is 60.7 Å². The number of rotatable bonds is 4. The minimum atomic E-state index is -1.79. The molecule has 6 heteroatoms. The van der Waals surface area contributed by atoms with Crippen molar-refractivity contribution in [2.45, 2.75) is 50.0 Å². The summed E-state index contributed by atoms with van der Waals surface area (Å²) in [4.78, 5) is 29.4. The lowest BCUT2D eigenvalue weighted by molar-refractivity contribution is -0.141. The number of piperidine rings is 1. The molecule has 6 rings (SSSR count). The summed E-state index contributed by atoms with van der Waals surface area (Å²) >= 11 is 0. The van der Waals surface area contributed by atoms with Crippen LogP contribution >= 0.6 is 0 Å². The minimum absolute atomic E-state index is 0.0670. The summed E-state index contributed by atoms with van der Waals surface area (Å²) in [6.07, 6.45) is 0.666. The number of aliphatic hydroxyl groups excluding tert-OH is 1. The van der Waals surface area contributed by atoms with Crippen molar-refractivity contribution < 1.29 is 19.8 Å². The number of hydrogen-bond acceptors (Lipinski definition) is 5. The van der Waals surface area contributed by atoms with E-state index in [-0.39, 0.29) is 24.3 Å². The molecule has 1 amide bonds. The van der Waals surface area contributed by atoms with Crippen molar-refractivity contribution in [2.75, 3.05) is 18.0 Å². The van der Waals surface area contributed by atoms with Crippen LogP contribution in [-0.2, 0) is 15.2 Å². The van der Waals surface area contributed by atoms with Gasteiger partial charge in [-0.25, -0.2) is 0 Å². The second kappa shape index (κ2) is 7.73. The maximum absolute atomic E-state index is 13.5. The number of carbonyl (C=O) groups is 2.